The fraction of sp³-hybridized carbons (Fsp3) is 0.538. The van der Waals surface area contributed by atoms with Crippen LogP contribution in [0.3, 0.4) is 0 Å². The Bertz CT molecular complexity index is 3630. The molecule has 2 saturated heterocycles. The van der Waals surface area contributed by atoms with Crippen molar-refractivity contribution < 1.29 is 85.6 Å². The molecule has 23 nitrogen and oxygen atoms in total. The van der Waals surface area contributed by atoms with Gasteiger partial charge < -0.3 is 82.6 Å². The first-order valence-electron chi connectivity index (χ1n) is 35.5. The Morgan fingerprint density at radius 2 is 1.26 bits per heavy atom. The zero-order valence-corrected chi connectivity index (χ0v) is 62.3. The number of anilines is 1. The fourth-order valence-corrected chi connectivity index (χ4v) is 13.2. The number of hydrogen-bond acceptors (Lipinski definition) is 19. The molecule has 2 fully saturated rings. The molecular formula is C78H105FN6O17S. The predicted octanol–water partition coefficient (Wildman–Crippen LogP) is 11.1. The number of halogens is 1. The normalized spacial score (nSPS) is 17.1. The summed E-state index contributed by atoms with van der Waals surface area (Å²) in [5.74, 6) is -2.84. The van der Waals surface area contributed by atoms with Crippen LogP contribution in [0.2, 0.25) is 0 Å². The summed E-state index contributed by atoms with van der Waals surface area (Å²) in [7, 11) is 0. The third-order valence-electron chi connectivity index (χ3n) is 17.0. The Morgan fingerprint density at radius 3 is 1.82 bits per heavy atom. The van der Waals surface area contributed by atoms with Gasteiger partial charge in [0.15, 0.2) is 5.79 Å². The van der Waals surface area contributed by atoms with E-state index in [2.05, 4.69) is 39.3 Å². The molecule has 4 N–H and O–H groups in total. The minimum atomic E-state index is -0.981. The molecule has 2 aliphatic rings. The quantitative estimate of drug-likeness (QED) is 0.0206. The van der Waals surface area contributed by atoms with Crippen LogP contribution >= 0.6 is 11.3 Å². The topological polar surface area (TPSA) is 264 Å². The molecule has 6 aromatic rings. The second-order valence-corrected chi connectivity index (χ2v) is 29.2. The highest BCUT2D eigenvalue weighted by molar-refractivity contribution is 7.13. The van der Waals surface area contributed by atoms with E-state index in [1.807, 2.05) is 122 Å². The lowest BCUT2D eigenvalue weighted by atomic mass is 9.85. The minimum Gasteiger partial charge on any atom is -0.491 e. The van der Waals surface area contributed by atoms with Crippen molar-refractivity contribution in [1.82, 2.24) is 25.1 Å². The highest BCUT2D eigenvalue weighted by Gasteiger charge is 2.45. The van der Waals surface area contributed by atoms with Crippen LogP contribution in [0, 0.1) is 18.2 Å². The fourth-order valence-electron chi connectivity index (χ4n) is 12.4. The first kappa shape index (κ1) is 81.1. The first-order chi connectivity index (χ1) is 49.2. The maximum atomic E-state index is 14.9. The highest BCUT2D eigenvalue weighted by atomic mass is 32.1. The van der Waals surface area contributed by atoms with E-state index in [9.17, 15) is 33.5 Å². The molecule has 0 unspecified atom stereocenters. The maximum Gasteiger partial charge on any atom is 0.308 e. The largest absolute Gasteiger partial charge is 0.491 e. The van der Waals surface area contributed by atoms with Crippen molar-refractivity contribution in [3.8, 4) is 38.6 Å². The van der Waals surface area contributed by atoms with Gasteiger partial charge in [-0.1, -0.05) is 89.2 Å². The SMILES string of the molecule is Cc1ncsc1-c1ccc(CNC(=O)[C@@H]2C[C@@H](O)CN2C(=O)[C@@H](NC(=O)COCCOCCOCCOCCOCCOCCOCCOc2ccc(NC(=O)c3c(-c4ccccc4)c(-c4ccc(F)cc4)n(CC[C@@H]4C[C@H](CC(=O)OC(C)(C)C)OC(C)(C)O4)c3C(C)C)cc2)C(C)(C)C)cc1. The summed E-state index contributed by atoms with van der Waals surface area (Å²) in [6.07, 6.45) is -0.439. The number of hydrogen-bond donors (Lipinski definition) is 4. The lowest BCUT2D eigenvalue weighted by Crippen LogP contribution is -2.58. The number of esters is 1. The molecule has 4 amide bonds. The van der Waals surface area contributed by atoms with E-state index in [1.165, 1.54) is 17.0 Å². The summed E-state index contributed by atoms with van der Waals surface area (Å²) in [6.45, 7) is 25.8. The van der Waals surface area contributed by atoms with E-state index in [4.69, 9.17) is 52.1 Å². The summed E-state index contributed by atoms with van der Waals surface area (Å²) in [5, 5.41) is 19.5. The lowest BCUT2D eigenvalue weighted by Gasteiger charge is -2.41. The molecule has 2 aliphatic heterocycles. The van der Waals surface area contributed by atoms with Gasteiger partial charge in [-0.3, -0.25) is 24.0 Å². The maximum absolute atomic E-state index is 14.9. The molecule has 103 heavy (non-hydrogen) atoms. The van der Waals surface area contributed by atoms with Gasteiger partial charge in [0.25, 0.3) is 5.91 Å². The van der Waals surface area contributed by atoms with Crippen molar-refractivity contribution >= 4 is 46.6 Å². The number of aliphatic hydroxyl groups excluding tert-OH is 1. The Labute approximate surface area is 609 Å². The molecule has 4 aromatic carbocycles. The number of ether oxygens (including phenoxy) is 11. The van der Waals surface area contributed by atoms with Gasteiger partial charge in [-0.25, -0.2) is 9.37 Å². The van der Waals surface area contributed by atoms with Crippen LogP contribution in [0.5, 0.6) is 5.75 Å². The summed E-state index contributed by atoms with van der Waals surface area (Å²) in [5.41, 5.74) is 8.29. The van der Waals surface area contributed by atoms with E-state index in [0.29, 0.717) is 116 Å². The zero-order valence-electron chi connectivity index (χ0n) is 61.5. The van der Waals surface area contributed by atoms with Gasteiger partial charge >= 0.3 is 5.97 Å². The van der Waals surface area contributed by atoms with Crippen molar-refractivity contribution in [3.05, 3.63) is 137 Å². The molecule has 4 heterocycles. The number of rotatable bonds is 40. The number of aromatic nitrogens is 2. The summed E-state index contributed by atoms with van der Waals surface area (Å²) in [4.78, 5) is 75.1. The van der Waals surface area contributed by atoms with Crippen LogP contribution in [0.15, 0.2) is 109 Å². The Hall–Kier alpha value is -7.53. The van der Waals surface area contributed by atoms with Crippen molar-refractivity contribution in [2.24, 2.45) is 5.41 Å². The molecule has 25 heteroatoms. The monoisotopic (exact) mass is 1450 g/mol. The average Bonchev–Trinajstić information content (AvgIpc) is 1.59. The van der Waals surface area contributed by atoms with Gasteiger partial charge in [0, 0.05) is 49.4 Å². The van der Waals surface area contributed by atoms with Crippen molar-refractivity contribution in [1.29, 1.82) is 0 Å². The zero-order chi connectivity index (χ0) is 74.1. The molecule has 5 atom stereocenters. The van der Waals surface area contributed by atoms with Crippen molar-refractivity contribution in [2.75, 3.05) is 111 Å². The van der Waals surface area contributed by atoms with Crippen LogP contribution in [0.25, 0.3) is 32.8 Å². The van der Waals surface area contributed by atoms with Crippen LogP contribution < -0.4 is 20.7 Å². The molecule has 0 aliphatic carbocycles. The molecule has 0 spiro atoms. The third kappa shape index (κ3) is 25.6. The molecule has 0 radical (unpaired) electrons. The average molecular weight is 1450 g/mol. The van der Waals surface area contributed by atoms with Gasteiger partial charge in [-0.05, 0) is 130 Å². The smallest absolute Gasteiger partial charge is 0.308 e. The molecule has 562 valence electrons. The standard InChI is InChI=1S/C78H105FN6O17S/c1-52(2)69-68(67(55-15-13-12-14-16-55)70(56-21-23-58(79)24-22-56)84(69)30-29-62-46-63(101-78(10,11)100-62)47-66(88)102-77(7,8)9)74(90)82-59-25-27-61(28-26-59)99-44-43-97-40-39-95-36-35-93-32-31-92-33-34-94-37-38-96-41-42-98-50-65(87)83-72(76(4,5)6)75(91)85-49-60(86)45-64(85)73(89)80-48-54-17-19-57(20-18-54)71-53(3)81-51-103-71/h12-28,51-52,60,62-64,72,86H,29-50H2,1-11H3,(H,80,89)(H,82,90)(H,83,87)/t60-,62-,63-,64+,72-/m1/s1. The number of β-amino-alcohol motifs (C(OH)–C–C–N with tert-alkyl or cyclic N) is 1. The van der Waals surface area contributed by atoms with Crippen LogP contribution in [0.1, 0.15) is 128 Å². The van der Waals surface area contributed by atoms with E-state index in [-0.39, 0.29) is 81.4 Å². The molecule has 8 rings (SSSR count). The first-order valence-corrected chi connectivity index (χ1v) is 36.4. The summed E-state index contributed by atoms with van der Waals surface area (Å²) < 4.78 is 80.4. The highest BCUT2D eigenvalue weighted by Crippen LogP contribution is 2.44. The number of nitrogens with one attached hydrogen (secondary N) is 3. The van der Waals surface area contributed by atoms with Crippen LogP contribution in [0.4, 0.5) is 10.1 Å². The van der Waals surface area contributed by atoms with Gasteiger partial charge in [-0.2, -0.15) is 0 Å². The number of aryl methyl sites for hydroxylation is 1. The van der Waals surface area contributed by atoms with E-state index < -0.39 is 52.9 Å². The summed E-state index contributed by atoms with van der Waals surface area (Å²) >= 11 is 1.57. The number of aliphatic hydroxyl groups is 1. The van der Waals surface area contributed by atoms with Crippen molar-refractivity contribution in [3.63, 3.8) is 0 Å². The predicted molar refractivity (Wildman–Crippen MR) is 390 cm³/mol. The van der Waals surface area contributed by atoms with E-state index >= 15 is 0 Å². The van der Waals surface area contributed by atoms with Gasteiger partial charge in [-0.15, -0.1) is 11.3 Å². The van der Waals surface area contributed by atoms with Crippen molar-refractivity contribution in [2.45, 2.75) is 163 Å². The summed E-state index contributed by atoms with van der Waals surface area (Å²) in [6, 6.07) is 29.2. The lowest BCUT2D eigenvalue weighted by molar-refractivity contribution is -0.301. The number of nitrogens with zero attached hydrogens (tertiary/aromatic N) is 3. The Morgan fingerprint density at radius 1 is 0.699 bits per heavy atom. The van der Waals surface area contributed by atoms with Gasteiger partial charge in [0.1, 0.15) is 42.5 Å². The second kappa shape index (κ2) is 39.5. The molecule has 0 bridgehead atoms. The number of amides is 4. The second-order valence-electron chi connectivity index (χ2n) is 28.4. The number of carbonyl (C=O) groups excluding carboxylic acids is 5. The van der Waals surface area contributed by atoms with E-state index in [0.717, 1.165) is 49.8 Å². The Balaban J connectivity index is 0.657. The number of likely N-dealkylation sites (tertiary alicyclic amines) is 1. The number of thiazole rings is 1. The van der Waals surface area contributed by atoms with Crippen LogP contribution in [-0.2, 0) is 79.6 Å². The number of carbonyl (C=O) groups is 5. The van der Waals surface area contributed by atoms with Crippen LogP contribution in [-0.4, -0.2) is 197 Å². The molecule has 0 saturated carbocycles. The Kier molecular flexibility index (Phi) is 31.2. The number of benzene rings is 4. The molecule has 2 aromatic heterocycles. The van der Waals surface area contributed by atoms with E-state index in [1.54, 1.807) is 47.7 Å². The third-order valence-corrected chi connectivity index (χ3v) is 17.9. The molecular weight excluding hydrogens is 1340 g/mol. The van der Waals surface area contributed by atoms with Gasteiger partial charge in [0.05, 0.1) is 138 Å². The van der Waals surface area contributed by atoms with Gasteiger partial charge in [0.2, 0.25) is 17.7 Å². The minimum absolute atomic E-state index is 0.0295.